The highest BCUT2D eigenvalue weighted by Crippen LogP contribution is 2.33. The smallest absolute Gasteiger partial charge is 0.228 e. The Morgan fingerprint density at radius 2 is 2.16 bits per heavy atom. The maximum Gasteiger partial charge on any atom is 0.228 e. The maximum atomic E-state index is 12.2. The summed E-state index contributed by atoms with van der Waals surface area (Å²) in [4.78, 5) is 12.2. The zero-order valence-electron chi connectivity index (χ0n) is 10.5. The average Bonchev–Trinajstić information content (AvgIpc) is 2.97. The monoisotopic (exact) mass is 257 g/mol. The van der Waals surface area contributed by atoms with E-state index >= 15 is 0 Å². The fraction of sp³-hybridized carbons (Fsp3) is 0.267. The molecule has 0 saturated heterocycles. The lowest BCUT2D eigenvalue weighted by atomic mass is 9.92. The summed E-state index contributed by atoms with van der Waals surface area (Å²) in [6.45, 7) is 1.00. The van der Waals surface area contributed by atoms with Gasteiger partial charge in [0.15, 0.2) is 0 Å². The minimum Gasteiger partial charge on any atom is -0.493 e. The van der Waals surface area contributed by atoms with Crippen molar-refractivity contribution in [1.29, 1.82) is 0 Å². The lowest BCUT2D eigenvalue weighted by molar-refractivity contribution is -0.123. The number of carbonyl (C=O) groups excluding carboxylic acids is 1. The standard InChI is InChI=1S/C15H15NO3/c17-15(16-10-11-4-3-8-18-11)13-7-9-19-14-6-2-1-5-12(13)14/h1-6,8,13H,7,9-10H2,(H,16,17). The number of ether oxygens (including phenoxy) is 1. The lowest BCUT2D eigenvalue weighted by Gasteiger charge is -2.24. The number of hydrogen-bond donors (Lipinski definition) is 1. The maximum absolute atomic E-state index is 12.2. The van der Waals surface area contributed by atoms with E-state index in [1.54, 1.807) is 6.26 Å². The second kappa shape index (κ2) is 5.18. The SMILES string of the molecule is O=C(NCc1ccco1)C1CCOc2ccccc21. The van der Waals surface area contributed by atoms with Crippen molar-refractivity contribution in [3.63, 3.8) is 0 Å². The Bertz CT molecular complexity index is 563. The lowest BCUT2D eigenvalue weighted by Crippen LogP contribution is -2.31. The first-order valence-electron chi connectivity index (χ1n) is 6.36. The van der Waals surface area contributed by atoms with Crippen molar-refractivity contribution >= 4 is 5.91 Å². The van der Waals surface area contributed by atoms with Crippen LogP contribution >= 0.6 is 0 Å². The molecule has 19 heavy (non-hydrogen) atoms. The van der Waals surface area contributed by atoms with Gasteiger partial charge in [-0.3, -0.25) is 4.79 Å². The first-order chi connectivity index (χ1) is 9.34. The van der Waals surface area contributed by atoms with Crippen molar-refractivity contribution in [1.82, 2.24) is 5.32 Å². The minimum atomic E-state index is -0.139. The molecule has 0 saturated carbocycles. The van der Waals surface area contributed by atoms with Gasteiger partial charge < -0.3 is 14.5 Å². The average molecular weight is 257 g/mol. The summed E-state index contributed by atoms with van der Waals surface area (Å²) in [5.74, 6) is 1.45. The van der Waals surface area contributed by atoms with E-state index in [0.29, 0.717) is 19.6 Å². The van der Waals surface area contributed by atoms with E-state index < -0.39 is 0 Å². The summed E-state index contributed by atoms with van der Waals surface area (Å²) in [5.41, 5.74) is 0.964. The molecule has 0 radical (unpaired) electrons. The van der Waals surface area contributed by atoms with Gasteiger partial charge in [-0.15, -0.1) is 0 Å². The number of furan rings is 1. The van der Waals surface area contributed by atoms with Crippen LogP contribution in [-0.2, 0) is 11.3 Å². The van der Waals surface area contributed by atoms with Gasteiger partial charge in [0.2, 0.25) is 5.91 Å². The first-order valence-corrected chi connectivity index (χ1v) is 6.36. The molecule has 2 heterocycles. The number of fused-ring (bicyclic) bond motifs is 1. The second-order valence-corrected chi connectivity index (χ2v) is 4.52. The summed E-state index contributed by atoms with van der Waals surface area (Å²) in [6.07, 6.45) is 2.31. The second-order valence-electron chi connectivity index (χ2n) is 4.52. The fourth-order valence-electron chi connectivity index (χ4n) is 2.33. The Hall–Kier alpha value is -2.23. The third kappa shape index (κ3) is 2.47. The molecule has 4 nitrogen and oxygen atoms in total. The molecule has 1 aromatic heterocycles. The number of hydrogen-bond acceptors (Lipinski definition) is 3. The third-order valence-corrected chi connectivity index (χ3v) is 3.29. The van der Waals surface area contributed by atoms with Crippen LogP contribution in [0.5, 0.6) is 5.75 Å². The Balaban J connectivity index is 1.71. The Morgan fingerprint density at radius 3 is 3.00 bits per heavy atom. The highest BCUT2D eigenvalue weighted by atomic mass is 16.5. The summed E-state index contributed by atoms with van der Waals surface area (Å²) in [7, 11) is 0. The molecule has 1 aliphatic heterocycles. The fourth-order valence-corrected chi connectivity index (χ4v) is 2.33. The van der Waals surface area contributed by atoms with Gasteiger partial charge in [-0.1, -0.05) is 18.2 Å². The molecule has 1 unspecified atom stereocenters. The van der Waals surface area contributed by atoms with Gasteiger partial charge >= 0.3 is 0 Å². The van der Waals surface area contributed by atoms with E-state index in [1.807, 2.05) is 36.4 Å². The van der Waals surface area contributed by atoms with Gasteiger partial charge in [-0.2, -0.15) is 0 Å². The van der Waals surface area contributed by atoms with Crippen molar-refractivity contribution in [2.24, 2.45) is 0 Å². The summed E-state index contributed by atoms with van der Waals surface area (Å²) in [6, 6.07) is 11.4. The van der Waals surface area contributed by atoms with E-state index in [0.717, 1.165) is 17.1 Å². The highest BCUT2D eigenvalue weighted by Gasteiger charge is 2.27. The van der Waals surface area contributed by atoms with Crippen LogP contribution < -0.4 is 10.1 Å². The van der Waals surface area contributed by atoms with Gasteiger partial charge in [0, 0.05) is 5.56 Å². The molecule has 0 spiro atoms. The van der Waals surface area contributed by atoms with Crippen LogP contribution in [0.2, 0.25) is 0 Å². The van der Waals surface area contributed by atoms with Crippen LogP contribution in [0, 0.1) is 0 Å². The normalized spacial score (nSPS) is 17.4. The molecular weight excluding hydrogens is 242 g/mol. The number of carbonyl (C=O) groups is 1. The van der Waals surface area contributed by atoms with E-state index in [4.69, 9.17) is 9.15 Å². The molecule has 98 valence electrons. The van der Waals surface area contributed by atoms with Crippen molar-refractivity contribution in [3.8, 4) is 5.75 Å². The number of rotatable bonds is 3. The quantitative estimate of drug-likeness (QED) is 0.919. The van der Waals surface area contributed by atoms with E-state index in [9.17, 15) is 4.79 Å². The minimum absolute atomic E-state index is 0.0205. The number of para-hydroxylation sites is 1. The van der Waals surface area contributed by atoms with Crippen molar-refractivity contribution in [3.05, 3.63) is 54.0 Å². The van der Waals surface area contributed by atoms with Gasteiger partial charge in [0.1, 0.15) is 11.5 Å². The Morgan fingerprint density at radius 1 is 1.26 bits per heavy atom. The van der Waals surface area contributed by atoms with Crippen LogP contribution in [0.3, 0.4) is 0 Å². The van der Waals surface area contributed by atoms with Gasteiger partial charge in [-0.25, -0.2) is 0 Å². The van der Waals surface area contributed by atoms with E-state index in [-0.39, 0.29) is 11.8 Å². The van der Waals surface area contributed by atoms with Crippen LogP contribution in [0.1, 0.15) is 23.7 Å². The topological polar surface area (TPSA) is 51.5 Å². The molecule has 1 aliphatic rings. The molecule has 0 bridgehead atoms. The molecule has 1 aromatic carbocycles. The van der Waals surface area contributed by atoms with Crippen molar-refractivity contribution < 1.29 is 13.9 Å². The number of amides is 1. The molecule has 1 N–H and O–H groups in total. The van der Waals surface area contributed by atoms with Crippen LogP contribution in [0.25, 0.3) is 0 Å². The molecule has 2 aromatic rings. The zero-order chi connectivity index (χ0) is 13.1. The van der Waals surface area contributed by atoms with Crippen molar-refractivity contribution in [2.75, 3.05) is 6.61 Å². The van der Waals surface area contributed by atoms with Gasteiger partial charge in [0.05, 0.1) is 25.3 Å². The van der Waals surface area contributed by atoms with Gasteiger partial charge in [-0.05, 0) is 24.6 Å². The molecule has 1 amide bonds. The summed E-state index contributed by atoms with van der Waals surface area (Å²) < 4.78 is 10.8. The number of nitrogens with one attached hydrogen (secondary N) is 1. The zero-order valence-corrected chi connectivity index (χ0v) is 10.5. The Kier molecular flexibility index (Phi) is 3.23. The summed E-state index contributed by atoms with van der Waals surface area (Å²) >= 11 is 0. The molecule has 0 aliphatic carbocycles. The molecule has 1 atom stereocenters. The van der Waals surface area contributed by atoms with Gasteiger partial charge in [0.25, 0.3) is 0 Å². The van der Waals surface area contributed by atoms with Crippen LogP contribution in [0.4, 0.5) is 0 Å². The van der Waals surface area contributed by atoms with E-state index in [2.05, 4.69) is 5.32 Å². The Labute approximate surface area is 111 Å². The largest absolute Gasteiger partial charge is 0.493 e. The molecule has 4 heteroatoms. The predicted octanol–water partition coefficient (Wildman–Crippen LogP) is 2.46. The van der Waals surface area contributed by atoms with Crippen molar-refractivity contribution in [2.45, 2.75) is 18.9 Å². The van der Waals surface area contributed by atoms with Crippen LogP contribution in [-0.4, -0.2) is 12.5 Å². The predicted molar refractivity (Wildman–Crippen MR) is 69.8 cm³/mol. The molecular formula is C15H15NO3. The molecule has 0 fully saturated rings. The highest BCUT2D eigenvalue weighted by molar-refractivity contribution is 5.84. The summed E-state index contributed by atoms with van der Waals surface area (Å²) in [5, 5.41) is 2.91. The molecule has 3 rings (SSSR count). The first kappa shape index (κ1) is 11.8. The third-order valence-electron chi connectivity index (χ3n) is 3.29. The number of benzene rings is 1. The van der Waals surface area contributed by atoms with Crippen LogP contribution in [0.15, 0.2) is 47.1 Å². The van der Waals surface area contributed by atoms with E-state index in [1.165, 1.54) is 0 Å².